The number of carbonyl (C=O) groups is 1. The van der Waals surface area contributed by atoms with Crippen molar-refractivity contribution in [3.63, 3.8) is 0 Å². The number of benzene rings is 1. The number of aryl methyl sites for hydroxylation is 1. The number of rotatable bonds is 5. The molecule has 25 heavy (non-hydrogen) atoms. The van der Waals surface area contributed by atoms with Crippen LogP contribution in [0.5, 0.6) is 5.75 Å². The van der Waals surface area contributed by atoms with E-state index in [4.69, 9.17) is 4.74 Å². The second kappa shape index (κ2) is 7.96. The van der Waals surface area contributed by atoms with Crippen LogP contribution in [0.15, 0.2) is 30.3 Å². The van der Waals surface area contributed by atoms with Gasteiger partial charge >= 0.3 is 0 Å². The van der Waals surface area contributed by atoms with Gasteiger partial charge in [0.2, 0.25) is 0 Å². The molecule has 2 heterocycles. The Bertz CT molecular complexity index is 725. The van der Waals surface area contributed by atoms with Crippen LogP contribution >= 0.6 is 0 Å². The zero-order chi connectivity index (χ0) is 17.6. The van der Waals surface area contributed by atoms with Gasteiger partial charge in [-0.25, -0.2) is 9.97 Å². The number of amides is 1. The molecule has 0 atom stereocenters. The molecule has 1 N–H and O–H groups in total. The molecular formula is C19H24N4O2. The predicted molar refractivity (Wildman–Crippen MR) is 97.0 cm³/mol. The third-order valence-electron chi connectivity index (χ3n) is 4.33. The van der Waals surface area contributed by atoms with Crippen molar-refractivity contribution in [3.05, 3.63) is 47.4 Å². The van der Waals surface area contributed by atoms with E-state index in [0.29, 0.717) is 17.9 Å². The number of ether oxygens (including phenoxy) is 1. The normalized spacial score (nSPS) is 14.2. The summed E-state index contributed by atoms with van der Waals surface area (Å²) >= 11 is 0. The average Bonchev–Trinajstić information content (AvgIpc) is 2.66. The highest BCUT2D eigenvalue weighted by atomic mass is 16.5. The number of carbonyl (C=O) groups excluding carboxylic acids is 1. The number of nitrogens with one attached hydrogen (secondary N) is 1. The number of aromatic nitrogens is 2. The van der Waals surface area contributed by atoms with Gasteiger partial charge in [0.1, 0.15) is 17.4 Å². The summed E-state index contributed by atoms with van der Waals surface area (Å²) in [5.74, 6) is 2.18. The van der Waals surface area contributed by atoms with Gasteiger partial charge in [-0.05, 0) is 50.5 Å². The van der Waals surface area contributed by atoms with Gasteiger partial charge in [-0.1, -0.05) is 0 Å². The molecule has 132 valence electrons. The molecule has 0 aliphatic carbocycles. The van der Waals surface area contributed by atoms with Crippen molar-refractivity contribution < 1.29 is 9.53 Å². The lowest BCUT2D eigenvalue weighted by molar-refractivity contribution is 0.0950. The largest absolute Gasteiger partial charge is 0.497 e. The van der Waals surface area contributed by atoms with Crippen LogP contribution in [0.4, 0.5) is 5.82 Å². The molecule has 0 unspecified atom stereocenters. The third kappa shape index (κ3) is 4.47. The standard InChI is InChI=1S/C19H24N4O2/c1-14-12-18(23-10-4-3-5-11-23)22-17(21-14)13-20-19(24)15-6-8-16(25-2)9-7-15/h6-9,12H,3-5,10-11,13H2,1-2H3,(H,20,24). The summed E-state index contributed by atoms with van der Waals surface area (Å²) in [4.78, 5) is 23.6. The van der Waals surface area contributed by atoms with Crippen molar-refractivity contribution in [1.29, 1.82) is 0 Å². The van der Waals surface area contributed by atoms with Crippen molar-refractivity contribution >= 4 is 11.7 Å². The minimum atomic E-state index is -0.146. The van der Waals surface area contributed by atoms with Gasteiger partial charge in [0.05, 0.1) is 13.7 Å². The molecule has 1 aliphatic heterocycles. The molecule has 2 aromatic rings. The van der Waals surface area contributed by atoms with Crippen LogP contribution < -0.4 is 15.0 Å². The minimum absolute atomic E-state index is 0.146. The van der Waals surface area contributed by atoms with Gasteiger partial charge in [0.15, 0.2) is 0 Å². The number of piperidine rings is 1. The van der Waals surface area contributed by atoms with E-state index < -0.39 is 0 Å². The Morgan fingerprint density at radius 3 is 2.56 bits per heavy atom. The fourth-order valence-electron chi connectivity index (χ4n) is 2.98. The summed E-state index contributed by atoms with van der Waals surface area (Å²) < 4.78 is 5.11. The van der Waals surface area contributed by atoms with Crippen LogP contribution in [0.25, 0.3) is 0 Å². The van der Waals surface area contributed by atoms with Crippen LogP contribution in [-0.2, 0) is 6.54 Å². The maximum atomic E-state index is 12.3. The van der Waals surface area contributed by atoms with Gasteiger partial charge < -0.3 is 15.0 Å². The van der Waals surface area contributed by atoms with Crippen molar-refractivity contribution in [2.45, 2.75) is 32.7 Å². The number of methoxy groups -OCH3 is 1. The first kappa shape index (κ1) is 17.2. The topological polar surface area (TPSA) is 67.3 Å². The molecule has 1 saturated heterocycles. The lowest BCUT2D eigenvalue weighted by atomic mass is 10.1. The van der Waals surface area contributed by atoms with Crippen LogP contribution in [-0.4, -0.2) is 36.1 Å². The molecule has 1 fully saturated rings. The molecule has 1 aromatic heterocycles. The van der Waals surface area contributed by atoms with Gasteiger partial charge in [0.25, 0.3) is 5.91 Å². The summed E-state index contributed by atoms with van der Waals surface area (Å²) in [7, 11) is 1.60. The number of hydrogen-bond donors (Lipinski definition) is 1. The van der Waals surface area contributed by atoms with Gasteiger partial charge in [-0.3, -0.25) is 4.79 Å². The molecule has 0 saturated carbocycles. The van der Waals surface area contributed by atoms with Crippen molar-refractivity contribution in [1.82, 2.24) is 15.3 Å². The van der Waals surface area contributed by atoms with Crippen molar-refractivity contribution in [3.8, 4) is 5.75 Å². The average molecular weight is 340 g/mol. The van der Waals surface area contributed by atoms with Gasteiger partial charge in [-0.15, -0.1) is 0 Å². The van der Waals surface area contributed by atoms with Crippen molar-refractivity contribution in [2.24, 2.45) is 0 Å². The fourth-order valence-corrected chi connectivity index (χ4v) is 2.98. The number of nitrogens with zero attached hydrogens (tertiary/aromatic N) is 3. The summed E-state index contributed by atoms with van der Waals surface area (Å²) in [6.07, 6.45) is 3.69. The smallest absolute Gasteiger partial charge is 0.251 e. The van der Waals surface area contributed by atoms with Crippen LogP contribution in [0.2, 0.25) is 0 Å². The van der Waals surface area contributed by atoms with E-state index in [1.54, 1.807) is 31.4 Å². The summed E-state index contributed by atoms with van der Waals surface area (Å²) in [6.45, 7) is 4.35. The monoisotopic (exact) mass is 340 g/mol. The molecule has 6 nitrogen and oxygen atoms in total. The SMILES string of the molecule is COc1ccc(C(=O)NCc2nc(C)cc(N3CCCCC3)n2)cc1. The maximum absolute atomic E-state index is 12.3. The minimum Gasteiger partial charge on any atom is -0.497 e. The van der Waals surface area contributed by atoms with E-state index in [0.717, 1.165) is 30.4 Å². The Balaban J connectivity index is 1.65. The van der Waals surface area contributed by atoms with Gasteiger partial charge in [0, 0.05) is 30.4 Å². The second-order valence-electron chi connectivity index (χ2n) is 6.24. The zero-order valence-corrected chi connectivity index (χ0v) is 14.8. The lowest BCUT2D eigenvalue weighted by Crippen LogP contribution is -2.31. The highest BCUT2D eigenvalue weighted by Gasteiger charge is 2.14. The summed E-state index contributed by atoms with van der Waals surface area (Å²) in [5, 5.41) is 2.89. The molecule has 0 bridgehead atoms. The van der Waals surface area contributed by atoms with Crippen LogP contribution in [0, 0.1) is 6.92 Å². The van der Waals surface area contributed by atoms with Gasteiger partial charge in [-0.2, -0.15) is 0 Å². The quantitative estimate of drug-likeness (QED) is 0.906. The Hall–Kier alpha value is -2.63. The fraction of sp³-hybridized carbons (Fsp3) is 0.421. The molecule has 6 heteroatoms. The summed E-state index contributed by atoms with van der Waals surface area (Å²) in [5.41, 5.74) is 1.51. The van der Waals surface area contributed by atoms with Crippen LogP contribution in [0.1, 0.15) is 41.1 Å². The predicted octanol–water partition coefficient (Wildman–Crippen LogP) is 2.71. The van der Waals surface area contributed by atoms with E-state index in [2.05, 4.69) is 20.2 Å². The van der Waals surface area contributed by atoms with E-state index in [9.17, 15) is 4.79 Å². The first-order chi connectivity index (χ1) is 12.2. The molecule has 1 aromatic carbocycles. The molecule has 0 spiro atoms. The molecule has 1 aliphatic rings. The highest BCUT2D eigenvalue weighted by Crippen LogP contribution is 2.18. The summed E-state index contributed by atoms with van der Waals surface area (Å²) in [6, 6.07) is 9.04. The third-order valence-corrected chi connectivity index (χ3v) is 4.33. The second-order valence-corrected chi connectivity index (χ2v) is 6.24. The Morgan fingerprint density at radius 1 is 1.16 bits per heavy atom. The zero-order valence-electron chi connectivity index (χ0n) is 14.8. The Morgan fingerprint density at radius 2 is 1.88 bits per heavy atom. The maximum Gasteiger partial charge on any atom is 0.251 e. The Kier molecular flexibility index (Phi) is 5.48. The molecule has 0 radical (unpaired) electrons. The first-order valence-corrected chi connectivity index (χ1v) is 8.67. The van der Waals surface area contributed by atoms with Crippen LogP contribution in [0.3, 0.4) is 0 Å². The highest BCUT2D eigenvalue weighted by molar-refractivity contribution is 5.94. The van der Waals surface area contributed by atoms with E-state index in [-0.39, 0.29) is 5.91 Å². The van der Waals surface area contributed by atoms with E-state index >= 15 is 0 Å². The lowest BCUT2D eigenvalue weighted by Gasteiger charge is -2.28. The Labute approximate surface area is 148 Å². The molecular weight excluding hydrogens is 316 g/mol. The first-order valence-electron chi connectivity index (χ1n) is 8.67. The van der Waals surface area contributed by atoms with E-state index in [1.807, 2.05) is 13.0 Å². The van der Waals surface area contributed by atoms with Crippen molar-refractivity contribution in [2.75, 3.05) is 25.1 Å². The number of hydrogen-bond acceptors (Lipinski definition) is 5. The number of anilines is 1. The van der Waals surface area contributed by atoms with E-state index in [1.165, 1.54) is 19.3 Å². The molecule has 1 amide bonds. The molecule has 3 rings (SSSR count).